The van der Waals surface area contributed by atoms with Gasteiger partial charge in [-0.3, -0.25) is 0 Å². The Morgan fingerprint density at radius 1 is 0.444 bits per heavy atom. The molecule has 0 aliphatic heterocycles. The Bertz CT molecular complexity index is 89.7. The normalized spacial score (nSPS) is 10.0. The van der Waals surface area contributed by atoms with Crippen molar-refractivity contribution in [3.8, 4) is 0 Å². The molecule has 0 fully saturated rings. The van der Waals surface area contributed by atoms with Gasteiger partial charge in [0.25, 0.3) is 0 Å². The molecule has 0 aromatic rings. The predicted molar refractivity (Wildman–Crippen MR) is 90.4 cm³/mol. The molecule has 0 aromatic carbocycles. The molecule has 0 amide bonds. The molecule has 0 rings (SSSR count). The van der Waals surface area contributed by atoms with Gasteiger partial charge in [-0.1, -0.05) is 0 Å². The van der Waals surface area contributed by atoms with Crippen LogP contribution in [0.3, 0.4) is 0 Å². The molecule has 0 atom stereocenters. The molecule has 18 heavy (non-hydrogen) atoms. The van der Waals surface area contributed by atoms with Crippen LogP contribution in [0.25, 0.3) is 0 Å². The minimum absolute atomic E-state index is 0.149. The van der Waals surface area contributed by atoms with Gasteiger partial charge in [-0.15, -0.1) is 0 Å². The van der Waals surface area contributed by atoms with Crippen LogP contribution in [-0.4, -0.2) is 42.3 Å². The molecule has 0 aliphatic carbocycles. The van der Waals surface area contributed by atoms with E-state index in [4.69, 9.17) is 0 Å². The fraction of sp³-hybridized carbons (Fsp3) is 1.00. The van der Waals surface area contributed by atoms with Crippen molar-refractivity contribution in [2.45, 2.75) is 96.8 Å². The van der Waals surface area contributed by atoms with Crippen molar-refractivity contribution in [2.24, 2.45) is 0 Å². The van der Waals surface area contributed by atoms with Crippen molar-refractivity contribution in [1.29, 1.82) is 0 Å². The first-order valence-corrected chi connectivity index (χ1v) is 16.3. The third-order valence-electron chi connectivity index (χ3n) is 2.83. The Labute approximate surface area is 138 Å². The van der Waals surface area contributed by atoms with E-state index in [1.165, 1.54) is 51.4 Å². The van der Waals surface area contributed by atoms with Crippen LogP contribution < -0.4 is 0 Å². The van der Waals surface area contributed by atoms with E-state index in [0.717, 1.165) is 0 Å². The zero-order valence-corrected chi connectivity index (χ0v) is 19.2. The molecular formula is C16H36Sn2-2. The van der Waals surface area contributed by atoms with E-state index in [0.29, 0.717) is 0 Å². The van der Waals surface area contributed by atoms with Gasteiger partial charge in [0.2, 0.25) is 0 Å². The van der Waals surface area contributed by atoms with Gasteiger partial charge in [-0.25, -0.2) is 0 Å². The second-order valence-corrected chi connectivity index (χ2v) is 13.5. The second kappa shape index (κ2) is 23.7. The fourth-order valence-corrected chi connectivity index (χ4v) is 9.77. The van der Waals surface area contributed by atoms with Crippen LogP contribution in [0.5, 0.6) is 0 Å². The van der Waals surface area contributed by atoms with Gasteiger partial charge in [-0.2, -0.15) is 0 Å². The first-order chi connectivity index (χ1) is 8.83. The quantitative estimate of drug-likeness (QED) is 0.236. The van der Waals surface area contributed by atoms with Gasteiger partial charge in [-0.05, 0) is 0 Å². The fourth-order valence-electron chi connectivity index (χ4n) is 1.46. The van der Waals surface area contributed by atoms with Crippen LogP contribution in [-0.2, 0) is 0 Å². The van der Waals surface area contributed by atoms with Gasteiger partial charge in [0, 0.05) is 0 Å². The molecule has 2 heteroatoms. The van der Waals surface area contributed by atoms with Gasteiger partial charge in [0.15, 0.2) is 0 Å². The summed E-state index contributed by atoms with van der Waals surface area (Å²) in [5.74, 6) is 0. The summed E-state index contributed by atoms with van der Waals surface area (Å²) >= 11 is 0.299. The molecule has 0 nitrogen and oxygen atoms in total. The van der Waals surface area contributed by atoms with Crippen LogP contribution in [0.2, 0.25) is 17.7 Å². The summed E-state index contributed by atoms with van der Waals surface area (Å²) in [7, 11) is 0. The Kier molecular flexibility index (Phi) is 28.8. The van der Waals surface area contributed by atoms with Crippen LogP contribution in [0.4, 0.5) is 0 Å². The third-order valence-corrected chi connectivity index (χ3v) is 10.9. The maximum absolute atomic E-state index is 2.29. The summed E-state index contributed by atoms with van der Waals surface area (Å²) in [6.45, 7) is 9.16. The average molecular weight is 466 g/mol. The molecule has 0 N–H and O–H groups in total. The molecule has 2 radical (unpaired) electrons. The zero-order chi connectivity index (χ0) is 13.9. The molecule has 0 saturated heterocycles. The van der Waals surface area contributed by atoms with Crippen molar-refractivity contribution in [2.75, 3.05) is 0 Å². The monoisotopic (exact) mass is 468 g/mol. The zero-order valence-electron chi connectivity index (χ0n) is 13.5. The molecule has 0 aromatic heterocycles. The van der Waals surface area contributed by atoms with Crippen LogP contribution >= 0.6 is 0 Å². The van der Waals surface area contributed by atoms with Gasteiger partial charge >= 0.3 is 139 Å². The van der Waals surface area contributed by atoms with Crippen LogP contribution in [0.15, 0.2) is 0 Å². The number of unbranched alkanes of at least 4 members (excludes halogenated alkanes) is 4. The Balaban J connectivity index is 0. The summed E-state index contributed by atoms with van der Waals surface area (Å²) in [6.07, 6.45) is 11.7. The SMILES string of the molecule is CCC[CH2][Sn-][CH2]CCC.CCC[CH2][Sn-][CH2]CCC. The van der Waals surface area contributed by atoms with E-state index in [1.54, 1.807) is 17.7 Å². The summed E-state index contributed by atoms with van der Waals surface area (Å²) < 4.78 is 6.50. The first kappa shape index (κ1) is 21.9. The molecule has 0 spiro atoms. The van der Waals surface area contributed by atoms with Crippen molar-refractivity contribution in [1.82, 2.24) is 0 Å². The van der Waals surface area contributed by atoms with Crippen molar-refractivity contribution >= 4 is 42.3 Å². The summed E-state index contributed by atoms with van der Waals surface area (Å²) in [4.78, 5) is 0. The van der Waals surface area contributed by atoms with Crippen molar-refractivity contribution in [3.05, 3.63) is 0 Å². The molecule has 0 bridgehead atoms. The van der Waals surface area contributed by atoms with E-state index >= 15 is 0 Å². The van der Waals surface area contributed by atoms with E-state index in [9.17, 15) is 0 Å². The number of hydrogen-bond donors (Lipinski definition) is 0. The van der Waals surface area contributed by atoms with Gasteiger partial charge < -0.3 is 0 Å². The predicted octanol–water partition coefficient (Wildman–Crippen LogP) is 6.25. The molecule has 0 aliphatic rings. The maximum atomic E-state index is 2.29. The summed E-state index contributed by atoms with van der Waals surface area (Å²) in [5.41, 5.74) is 0. The Morgan fingerprint density at radius 3 is 0.833 bits per heavy atom. The molecule has 0 unspecified atom stereocenters. The third kappa shape index (κ3) is 26.2. The Morgan fingerprint density at radius 2 is 0.667 bits per heavy atom. The average Bonchev–Trinajstić information content (AvgIpc) is 2.39. The Hall–Kier alpha value is 1.60. The minimum atomic E-state index is 0.149. The van der Waals surface area contributed by atoms with Gasteiger partial charge in [0.05, 0.1) is 0 Å². The van der Waals surface area contributed by atoms with E-state index in [-0.39, 0.29) is 42.3 Å². The van der Waals surface area contributed by atoms with Crippen LogP contribution in [0.1, 0.15) is 79.1 Å². The summed E-state index contributed by atoms with van der Waals surface area (Å²) in [5, 5.41) is 0. The number of rotatable bonds is 12. The summed E-state index contributed by atoms with van der Waals surface area (Å²) in [6, 6.07) is 0. The molecular weight excluding hydrogens is 430 g/mol. The van der Waals surface area contributed by atoms with E-state index < -0.39 is 0 Å². The first-order valence-electron chi connectivity index (χ1n) is 8.24. The standard InChI is InChI=1S/4C4H9.2Sn/c4*1-3-4-2;;/h4*1,3-4H2,2H3;;/q;;;;2*-1. The van der Waals surface area contributed by atoms with E-state index in [1.807, 2.05) is 0 Å². The van der Waals surface area contributed by atoms with Crippen molar-refractivity contribution < 1.29 is 0 Å². The van der Waals surface area contributed by atoms with Gasteiger partial charge in [0.1, 0.15) is 0 Å². The van der Waals surface area contributed by atoms with Crippen molar-refractivity contribution in [3.63, 3.8) is 0 Å². The number of hydrogen-bond acceptors (Lipinski definition) is 0. The molecule has 0 heterocycles. The van der Waals surface area contributed by atoms with Crippen LogP contribution in [0, 0.1) is 0 Å². The topological polar surface area (TPSA) is 0 Å². The second-order valence-electron chi connectivity index (χ2n) is 4.91. The molecule has 110 valence electrons. The van der Waals surface area contributed by atoms with E-state index in [2.05, 4.69) is 27.7 Å². The molecule has 0 saturated carbocycles.